The molecule has 0 aromatic heterocycles. The number of nitrogens with zero attached hydrogens (tertiary/aromatic N) is 1. The molecule has 3 N–H and O–H groups in total. The smallest absolute Gasteiger partial charge is 0.274 e. The van der Waals surface area contributed by atoms with Crippen molar-refractivity contribution in [2.45, 2.75) is 6.92 Å². The van der Waals surface area contributed by atoms with Gasteiger partial charge in [0.15, 0.2) is 0 Å². The lowest BCUT2D eigenvalue weighted by molar-refractivity contribution is -0.112. The van der Waals surface area contributed by atoms with Crippen LogP contribution in [-0.2, 0) is 9.63 Å². The predicted molar refractivity (Wildman–Crippen MR) is 122 cm³/mol. The molecule has 1 aliphatic heterocycles. The maximum Gasteiger partial charge on any atom is 0.274 e. The van der Waals surface area contributed by atoms with E-state index >= 15 is 0 Å². The van der Waals surface area contributed by atoms with Crippen LogP contribution in [0.25, 0.3) is 0 Å². The highest BCUT2D eigenvalue weighted by Crippen LogP contribution is 2.27. The standard InChI is InChI=1S/C23H19N3O4S/c1-14-5-3-8-19(20(14)27)25-23(29)18-13-24-12-17(21(18)31)10-9-15-6-4-7-16(11-15)22(28)26-30-2/h3-8,11-13,17,27H,1-2H3,(H,25,29)(H,26,28)/t17-/m0/s1. The van der Waals surface area contributed by atoms with Crippen LogP contribution in [0.15, 0.2) is 59.2 Å². The van der Waals surface area contributed by atoms with Gasteiger partial charge in [-0.05, 0) is 36.8 Å². The lowest BCUT2D eigenvalue weighted by Gasteiger charge is -2.15. The number of nitrogens with one attached hydrogen (secondary N) is 2. The Labute approximate surface area is 184 Å². The van der Waals surface area contributed by atoms with Crippen molar-refractivity contribution in [1.82, 2.24) is 5.48 Å². The predicted octanol–water partition coefficient (Wildman–Crippen LogP) is 2.94. The van der Waals surface area contributed by atoms with E-state index in [1.807, 2.05) is 0 Å². The number of hydroxylamine groups is 1. The Kier molecular flexibility index (Phi) is 6.92. The number of hydrogen-bond acceptors (Lipinski definition) is 6. The summed E-state index contributed by atoms with van der Waals surface area (Å²) in [5.41, 5.74) is 4.37. The first-order chi connectivity index (χ1) is 14.9. The highest BCUT2D eigenvalue weighted by molar-refractivity contribution is 7.81. The van der Waals surface area contributed by atoms with Crippen LogP contribution in [-0.4, -0.2) is 35.1 Å². The van der Waals surface area contributed by atoms with Gasteiger partial charge < -0.3 is 10.4 Å². The van der Waals surface area contributed by atoms with Gasteiger partial charge in [-0.3, -0.25) is 19.4 Å². The van der Waals surface area contributed by atoms with Gasteiger partial charge in [0.05, 0.1) is 24.3 Å². The van der Waals surface area contributed by atoms with Crippen molar-refractivity contribution in [1.29, 1.82) is 0 Å². The fraction of sp³-hybridized carbons (Fsp3) is 0.130. The summed E-state index contributed by atoms with van der Waals surface area (Å²) in [5, 5.41) is 12.8. The fourth-order valence-corrected chi connectivity index (χ4v) is 3.04. The molecule has 0 bridgehead atoms. The highest BCUT2D eigenvalue weighted by Gasteiger charge is 2.24. The molecule has 8 heteroatoms. The van der Waals surface area contributed by atoms with Gasteiger partial charge in [-0.15, -0.1) is 0 Å². The maximum atomic E-state index is 12.7. The number of phenols is 1. The number of carbonyl (C=O) groups is 2. The number of aliphatic imine (C=N–C) groups is 1. The van der Waals surface area contributed by atoms with E-state index in [0.717, 1.165) is 0 Å². The lowest BCUT2D eigenvalue weighted by Crippen LogP contribution is -2.26. The molecule has 2 aromatic rings. The fourth-order valence-electron chi connectivity index (χ4n) is 2.78. The number of para-hydroxylation sites is 1. The number of benzene rings is 2. The Bertz CT molecular complexity index is 1170. The first kappa shape index (κ1) is 21.9. The number of aryl methyl sites for hydroxylation is 1. The van der Waals surface area contributed by atoms with Crippen LogP contribution in [0.1, 0.15) is 21.5 Å². The molecule has 0 saturated carbocycles. The molecule has 2 aromatic carbocycles. The Hall–Kier alpha value is -3.80. The SMILES string of the molecule is CONC(=O)c1cccc(C#C[C@H]2C=NC=C(C(=O)Nc3cccc(C)c3O)C2=S)c1. The number of hydrogen-bond donors (Lipinski definition) is 3. The van der Waals surface area contributed by atoms with Crippen molar-refractivity contribution in [3.63, 3.8) is 0 Å². The van der Waals surface area contributed by atoms with Crippen molar-refractivity contribution >= 4 is 40.8 Å². The minimum Gasteiger partial charge on any atom is -0.505 e. The Morgan fingerprint density at radius 1 is 1.19 bits per heavy atom. The van der Waals surface area contributed by atoms with E-state index in [9.17, 15) is 14.7 Å². The van der Waals surface area contributed by atoms with E-state index in [4.69, 9.17) is 12.2 Å². The summed E-state index contributed by atoms with van der Waals surface area (Å²) in [4.78, 5) is 33.6. The molecule has 1 atom stereocenters. The van der Waals surface area contributed by atoms with Crippen molar-refractivity contribution in [3.05, 3.63) is 70.9 Å². The van der Waals surface area contributed by atoms with E-state index in [1.54, 1.807) is 55.6 Å². The lowest BCUT2D eigenvalue weighted by atomic mass is 9.97. The maximum absolute atomic E-state index is 12.7. The van der Waals surface area contributed by atoms with Crippen molar-refractivity contribution < 1.29 is 19.5 Å². The van der Waals surface area contributed by atoms with E-state index in [-0.39, 0.29) is 22.9 Å². The normalized spacial score (nSPS) is 14.8. The van der Waals surface area contributed by atoms with Crippen LogP contribution in [0.3, 0.4) is 0 Å². The quantitative estimate of drug-likeness (QED) is 0.298. The second-order valence-electron chi connectivity index (χ2n) is 6.59. The van der Waals surface area contributed by atoms with Gasteiger partial charge in [0, 0.05) is 28.4 Å². The highest BCUT2D eigenvalue weighted by atomic mass is 32.1. The molecule has 0 saturated heterocycles. The summed E-state index contributed by atoms with van der Waals surface area (Å²) in [7, 11) is 1.35. The Balaban J connectivity index is 1.75. The number of phenolic OH excluding ortho intramolecular Hbond substituents is 1. The summed E-state index contributed by atoms with van der Waals surface area (Å²) in [6, 6.07) is 11.8. The zero-order valence-electron chi connectivity index (χ0n) is 16.8. The topological polar surface area (TPSA) is 100 Å². The first-order valence-corrected chi connectivity index (χ1v) is 9.64. The van der Waals surface area contributed by atoms with Gasteiger partial charge in [-0.25, -0.2) is 5.48 Å². The minimum atomic E-state index is -0.552. The summed E-state index contributed by atoms with van der Waals surface area (Å²) < 4.78 is 0. The molecule has 1 heterocycles. The Morgan fingerprint density at radius 3 is 2.74 bits per heavy atom. The number of carbonyl (C=O) groups excluding carboxylic acids is 2. The number of rotatable bonds is 4. The monoisotopic (exact) mass is 433 g/mol. The van der Waals surface area contributed by atoms with Crippen molar-refractivity contribution in [3.8, 4) is 17.6 Å². The van der Waals surface area contributed by atoms with Crippen LogP contribution >= 0.6 is 12.2 Å². The molecule has 0 radical (unpaired) electrons. The molecule has 31 heavy (non-hydrogen) atoms. The van der Waals surface area contributed by atoms with Gasteiger partial charge in [0.25, 0.3) is 11.8 Å². The molecule has 0 fully saturated rings. The summed E-state index contributed by atoms with van der Waals surface area (Å²) in [6.45, 7) is 1.74. The van der Waals surface area contributed by atoms with Gasteiger partial charge in [-0.1, -0.05) is 42.3 Å². The van der Waals surface area contributed by atoms with Crippen LogP contribution in [0.5, 0.6) is 5.75 Å². The van der Waals surface area contributed by atoms with Crippen LogP contribution in [0.2, 0.25) is 0 Å². The zero-order chi connectivity index (χ0) is 22.4. The number of anilines is 1. The van der Waals surface area contributed by atoms with Crippen LogP contribution in [0, 0.1) is 24.7 Å². The molecular weight excluding hydrogens is 414 g/mol. The van der Waals surface area contributed by atoms with Crippen LogP contribution < -0.4 is 10.8 Å². The summed E-state index contributed by atoms with van der Waals surface area (Å²) in [6.07, 6.45) is 2.93. The molecule has 0 unspecified atom stereocenters. The molecule has 156 valence electrons. The molecule has 7 nitrogen and oxygen atoms in total. The largest absolute Gasteiger partial charge is 0.505 e. The number of thiocarbonyl (C=S) groups is 1. The van der Waals surface area contributed by atoms with E-state index in [2.05, 4.69) is 32.5 Å². The average molecular weight is 433 g/mol. The third kappa shape index (κ3) is 5.22. The van der Waals surface area contributed by atoms with E-state index in [0.29, 0.717) is 21.6 Å². The second-order valence-corrected chi connectivity index (χ2v) is 7.03. The average Bonchev–Trinajstić information content (AvgIpc) is 2.76. The van der Waals surface area contributed by atoms with Crippen LogP contribution in [0.4, 0.5) is 5.69 Å². The number of amides is 2. The van der Waals surface area contributed by atoms with E-state index in [1.165, 1.54) is 13.3 Å². The van der Waals surface area contributed by atoms with Gasteiger partial charge in [0.1, 0.15) is 5.75 Å². The van der Waals surface area contributed by atoms with Gasteiger partial charge >= 0.3 is 0 Å². The van der Waals surface area contributed by atoms with E-state index < -0.39 is 11.8 Å². The van der Waals surface area contributed by atoms with Crippen molar-refractivity contribution in [2.75, 3.05) is 12.4 Å². The number of aromatic hydroxyl groups is 1. The molecule has 2 amide bonds. The molecular formula is C23H19N3O4S. The summed E-state index contributed by atoms with van der Waals surface area (Å²) >= 11 is 5.45. The molecule has 3 rings (SSSR count). The van der Waals surface area contributed by atoms with Crippen molar-refractivity contribution in [2.24, 2.45) is 10.9 Å². The minimum absolute atomic E-state index is 0.00425. The van der Waals surface area contributed by atoms with Gasteiger partial charge in [0.2, 0.25) is 0 Å². The zero-order valence-corrected chi connectivity index (χ0v) is 17.6. The third-order valence-electron chi connectivity index (χ3n) is 4.41. The first-order valence-electron chi connectivity index (χ1n) is 9.23. The molecule has 0 aliphatic carbocycles. The second kappa shape index (κ2) is 9.80. The van der Waals surface area contributed by atoms with Gasteiger partial charge in [-0.2, -0.15) is 0 Å². The summed E-state index contributed by atoms with van der Waals surface area (Å²) in [5.74, 6) is 4.52. The Morgan fingerprint density at radius 2 is 1.97 bits per heavy atom. The molecule has 1 aliphatic rings. The third-order valence-corrected chi connectivity index (χ3v) is 4.88. The molecule has 0 spiro atoms.